The van der Waals surface area contributed by atoms with Crippen LogP contribution >= 0.6 is 0 Å². The molecule has 1 fully saturated rings. The first-order valence-corrected chi connectivity index (χ1v) is 3.49. The van der Waals surface area contributed by atoms with Crippen LogP contribution in [0.15, 0.2) is 0 Å². The van der Waals surface area contributed by atoms with Gasteiger partial charge in [0.1, 0.15) is 6.04 Å². The fourth-order valence-electron chi connectivity index (χ4n) is 1.29. The smallest absolute Gasteiger partial charge is 0.408 e. The quantitative estimate of drug-likeness (QED) is 0.635. The van der Waals surface area contributed by atoms with Gasteiger partial charge in [0, 0.05) is 11.1 Å². The highest BCUT2D eigenvalue weighted by molar-refractivity contribution is 5.80. The molecule has 68 valence electrons. The summed E-state index contributed by atoms with van der Waals surface area (Å²) in [5, 5.41) is 8.52. The van der Waals surface area contributed by atoms with Crippen molar-refractivity contribution in [2.24, 2.45) is 0 Å². The zero-order chi connectivity index (χ0) is 9.14. The number of carbonyl (C=O) groups excluding carboxylic acids is 1. The van der Waals surface area contributed by atoms with Gasteiger partial charge in [-0.1, -0.05) is 0 Å². The molecule has 6 heteroatoms. The minimum absolute atomic E-state index is 0.259. The van der Waals surface area contributed by atoms with Crippen molar-refractivity contribution in [1.82, 2.24) is 4.90 Å². The third-order valence-electron chi connectivity index (χ3n) is 1.85. The minimum atomic E-state index is -1.22. The van der Waals surface area contributed by atoms with Crippen LogP contribution < -0.4 is 0 Å². The number of rotatable bonds is 1. The second-order valence-electron chi connectivity index (χ2n) is 2.53. The fourth-order valence-corrected chi connectivity index (χ4v) is 1.29. The minimum Gasteiger partial charge on any atom is -0.465 e. The van der Waals surface area contributed by atoms with Gasteiger partial charge in [0.05, 0.1) is 0 Å². The number of amides is 1. The highest BCUT2D eigenvalue weighted by atomic mass is 19.3. The van der Waals surface area contributed by atoms with Crippen molar-refractivity contribution in [3.05, 3.63) is 0 Å². The molecular formula is C6H8FNO4. The summed E-state index contributed by atoms with van der Waals surface area (Å²) in [6.07, 6.45) is -0.330. The van der Waals surface area contributed by atoms with E-state index in [9.17, 15) is 14.1 Å². The molecule has 1 atom stereocenters. The first-order valence-electron chi connectivity index (χ1n) is 3.49. The summed E-state index contributed by atoms with van der Waals surface area (Å²) >= 11 is 0. The number of nitrogens with zero attached hydrogens (tertiary/aromatic N) is 1. The highest BCUT2D eigenvalue weighted by Gasteiger charge is 2.35. The Morgan fingerprint density at radius 3 is 2.75 bits per heavy atom. The van der Waals surface area contributed by atoms with Crippen LogP contribution in [0.2, 0.25) is 0 Å². The third kappa shape index (κ3) is 1.46. The molecule has 0 spiro atoms. The lowest BCUT2D eigenvalue weighted by Crippen LogP contribution is -2.39. The Bertz CT molecular complexity index is 208. The Kier molecular flexibility index (Phi) is 2.47. The molecule has 1 N–H and O–H groups in total. The first kappa shape index (κ1) is 8.76. The summed E-state index contributed by atoms with van der Waals surface area (Å²) < 4.78 is 11.4. The van der Waals surface area contributed by atoms with Gasteiger partial charge in [0.2, 0.25) is 0 Å². The third-order valence-corrected chi connectivity index (χ3v) is 1.85. The lowest BCUT2D eigenvalue weighted by molar-refractivity contribution is -0.188. The molecule has 0 saturated carbocycles. The van der Waals surface area contributed by atoms with Crippen molar-refractivity contribution in [3.63, 3.8) is 0 Å². The number of hydrogen-bond donors (Lipinski definition) is 1. The maximum absolute atomic E-state index is 11.4. The van der Waals surface area contributed by atoms with E-state index in [2.05, 4.69) is 4.94 Å². The van der Waals surface area contributed by atoms with Crippen LogP contribution in [0.3, 0.4) is 0 Å². The number of halogens is 1. The van der Waals surface area contributed by atoms with Gasteiger partial charge in [-0.05, 0) is 12.8 Å². The van der Waals surface area contributed by atoms with Crippen LogP contribution in [-0.2, 0) is 9.74 Å². The molecule has 1 aliphatic rings. The van der Waals surface area contributed by atoms with E-state index in [-0.39, 0.29) is 6.54 Å². The van der Waals surface area contributed by atoms with Crippen LogP contribution in [0.1, 0.15) is 12.8 Å². The second kappa shape index (κ2) is 3.38. The maximum Gasteiger partial charge on any atom is 0.408 e. The molecule has 0 aromatic carbocycles. The molecule has 12 heavy (non-hydrogen) atoms. The second-order valence-corrected chi connectivity index (χ2v) is 2.53. The van der Waals surface area contributed by atoms with Gasteiger partial charge in [-0.2, -0.15) is 0 Å². The molecule has 0 aromatic heterocycles. The average molecular weight is 177 g/mol. The molecule has 0 aliphatic carbocycles. The fraction of sp³-hybridized carbons (Fsp3) is 0.667. The van der Waals surface area contributed by atoms with Crippen molar-refractivity contribution in [3.8, 4) is 0 Å². The van der Waals surface area contributed by atoms with E-state index < -0.39 is 18.1 Å². The van der Waals surface area contributed by atoms with Crippen LogP contribution in [0.4, 0.5) is 9.32 Å². The summed E-state index contributed by atoms with van der Waals surface area (Å²) in [6.45, 7) is 0.259. The zero-order valence-electron chi connectivity index (χ0n) is 6.20. The first-order chi connectivity index (χ1) is 5.66. The van der Waals surface area contributed by atoms with E-state index in [1.54, 1.807) is 0 Å². The molecule has 1 heterocycles. The number of likely N-dealkylation sites (tertiary alicyclic amines) is 1. The van der Waals surface area contributed by atoms with Crippen molar-refractivity contribution >= 4 is 12.1 Å². The van der Waals surface area contributed by atoms with Gasteiger partial charge < -0.3 is 5.11 Å². The topological polar surface area (TPSA) is 66.8 Å². The number of carboxylic acid groups (broad SMARTS) is 1. The van der Waals surface area contributed by atoms with E-state index in [1.165, 1.54) is 0 Å². The van der Waals surface area contributed by atoms with Crippen molar-refractivity contribution in [2.45, 2.75) is 18.9 Å². The van der Waals surface area contributed by atoms with Crippen molar-refractivity contribution in [1.29, 1.82) is 0 Å². The Hall–Kier alpha value is -1.33. The van der Waals surface area contributed by atoms with Crippen molar-refractivity contribution < 1.29 is 24.2 Å². The summed E-state index contributed by atoms with van der Waals surface area (Å²) in [5.74, 6) is -1.13. The molecule has 1 aliphatic heterocycles. The van der Waals surface area contributed by atoms with Crippen LogP contribution in [0.25, 0.3) is 0 Å². The van der Waals surface area contributed by atoms with E-state index in [0.29, 0.717) is 12.8 Å². The lowest BCUT2D eigenvalue weighted by atomic mass is 10.2. The molecule has 1 unspecified atom stereocenters. The predicted molar refractivity (Wildman–Crippen MR) is 35.0 cm³/mol. The maximum atomic E-state index is 11.4. The molecule has 5 nitrogen and oxygen atoms in total. The molecule has 1 rings (SSSR count). The molecule has 0 radical (unpaired) electrons. The SMILES string of the molecule is O=C(OF)C1CCCN1C(=O)O. The standard InChI is InChI=1S/C6H8FNO4/c7-12-5(9)4-2-1-3-8(4)6(10)11/h4H,1-3H2,(H,10,11). The van der Waals surface area contributed by atoms with Gasteiger partial charge in [-0.3, -0.25) is 9.84 Å². The normalized spacial score (nSPS) is 22.4. The Labute approximate surface area is 67.6 Å². The molecular weight excluding hydrogens is 169 g/mol. The van der Waals surface area contributed by atoms with Gasteiger partial charge in [0.15, 0.2) is 0 Å². The van der Waals surface area contributed by atoms with Crippen LogP contribution in [0, 0.1) is 0 Å². The van der Waals surface area contributed by atoms with Gasteiger partial charge in [0.25, 0.3) is 0 Å². The number of carbonyl (C=O) groups is 2. The summed E-state index contributed by atoms with van der Waals surface area (Å²) in [4.78, 5) is 24.9. The summed E-state index contributed by atoms with van der Waals surface area (Å²) in [7, 11) is 0. The summed E-state index contributed by atoms with van der Waals surface area (Å²) in [5.41, 5.74) is 0. The molecule has 1 saturated heterocycles. The molecule has 0 bridgehead atoms. The Balaban J connectivity index is 2.63. The van der Waals surface area contributed by atoms with E-state index >= 15 is 0 Å². The monoisotopic (exact) mass is 177 g/mol. The molecule has 1 amide bonds. The largest absolute Gasteiger partial charge is 0.465 e. The van der Waals surface area contributed by atoms with Crippen molar-refractivity contribution in [2.75, 3.05) is 6.54 Å². The lowest BCUT2D eigenvalue weighted by Gasteiger charge is -2.16. The molecule has 0 aromatic rings. The van der Waals surface area contributed by atoms with Crippen LogP contribution in [0.5, 0.6) is 0 Å². The van der Waals surface area contributed by atoms with E-state index in [0.717, 1.165) is 4.90 Å². The average Bonchev–Trinajstić information content (AvgIpc) is 2.50. The number of hydrogen-bond acceptors (Lipinski definition) is 3. The summed E-state index contributed by atoms with van der Waals surface area (Å²) in [6, 6.07) is -0.965. The van der Waals surface area contributed by atoms with E-state index in [4.69, 9.17) is 5.11 Å². The predicted octanol–water partition coefficient (Wildman–Crippen LogP) is 0.556. The van der Waals surface area contributed by atoms with Gasteiger partial charge in [-0.15, -0.1) is 0 Å². The zero-order valence-corrected chi connectivity index (χ0v) is 6.20. The van der Waals surface area contributed by atoms with Crippen LogP contribution in [-0.4, -0.2) is 34.7 Å². The van der Waals surface area contributed by atoms with E-state index in [1.807, 2.05) is 0 Å². The van der Waals surface area contributed by atoms with Gasteiger partial charge >= 0.3 is 12.1 Å². The highest BCUT2D eigenvalue weighted by Crippen LogP contribution is 2.18. The van der Waals surface area contributed by atoms with Gasteiger partial charge in [-0.25, -0.2) is 9.59 Å². The Morgan fingerprint density at radius 1 is 1.58 bits per heavy atom. The Morgan fingerprint density at radius 2 is 2.25 bits per heavy atom.